The van der Waals surface area contributed by atoms with E-state index >= 15 is 0 Å². The van der Waals surface area contributed by atoms with E-state index in [1.807, 2.05) is 0 Å². The van der Waals surface area contributed by atoms with Crippen molar-refractivity contribution in [2.45, 2.75) is 6.04 Å². The van der Waals surface area contributed by atoms with E-state index in [1.165, 1.54) is 0 Å². The second-order valence-corrected chi connectivity index (χ2v) is 4.68. The van der Waals surface area contributed by atoms with Crippen LogP contribution < -0.4 is 5.32 Å². The molecule has 0 unspecified atom stereocenters. The van der Waals surface area contributed by atoms with Crippen molar-refractivity contribution in [3.05, 3.63) is 0 Å². The van der Waals surface area contributed by atoms with Crippen molar-refractivity contribution in [1.82, 2.24) is 5.32 Å². The first-order valence-electron chi connectivity index (χ1n) is 3.19. The molecule has 4 nitrogen and oxygen atoms in total. The minimum atomic E-state index is -2.87. The van der Waals surface area contributed by atoms with E-state index in [9.17, 15) is 8.42 Å². The lowest BCUT2D eigenvalue weighted by atomic mass is 10.3. The lowest BCUT2D eigenvalue weighted by molar-refractivity contribution is 0.252. The van der Waals surface area contributed by atoms with Gasteiger partial charge in [0.1, 0.15) is 0 Å². The zero-order valence-electron chi connectivity index (χ0n) is 5.99. The number of nitrogens with one attached hydrogen (secondary N) is 1. The van der Waals surface area contributed by atoms with Crippen LogP contribution in [0.4, 0.5) is 0 Å². The van der Waals surface area contributed by atoms with Gasteiger partial charge >= 0.3 is 0 Å². The van der Waals surface area contributed by atoms with Crippen LogP contribution in [0.3, 0.4) is 0 Å². The molecule has 0 aromatic rings. The summed E-state index contributed by atoms with van der Waals surface area (Å²) in [5.74, 6) is 0.271. The first-order chi connectivity index (χ1) is 4.64. The predicted molar refractivity (Wildman–Crippen MR) is 44.8 cm³/mol. The molecule has 0 aromatic heterocycles. The van der Waals surface area contributed by atoms with Gasteiger partial charge in [0.05, 0.1) is 18.1 Å². The second-order valence-electron chi connectivity index (χ2n) is 2.45. The fraction of sp³-hybridized carbons (Fsp3) is 1.00. The van der Waals surface area contributed by atoms with Crippen LogP contribution in [0.5, 0.6) is 0 Å². The molecule has 1 rings (SSSR count). The Kier molecular flexibility index (Phi) is 4.31. The van der Waals surface area contributed by atoms with Crippen molar-refractivity contribution >= 4 is 22.2 Å². The highest BCUT2D eigenvalue weighted by atomic mass is 35.5. The number of aliphatic hydroxyl groups excluding tert-OH is 1. The van der Waals surface area contributed by atoms with Gasteiger partial charge in [-0.2, -0.15) is 0 Å². The standard InChI is InChI=1S/C5H11NO3S.ClH/c7-3-5-4-10(8,9)2-1-6-5;/h5-7H,1-4H2;1H/t5-;/m0./s1. The van der Waals surface area contributed by atoms with Crippen LogP contribution in [0.1, 0.15) is 0 Å². The fourth-order valence-electron chi connectivity index (χ4n) is 0.985. The zero-order valence-corrected chi connectivity index (χ0v) is 7.62. The molecule has 1 aliphatic heterocycles. The van der Waals surface area contributed by atoms with E-state index in [-0.39, 0.29) is 36.6 Å². The van der Waals surface area contributed by atoms with E-state index in [2.05, 4.69) is 5.32 Å². The summed E-state index contributed by atoms with van der Waals surface area (Å²) in [6.45, 7) is 0.368. The Hall–Kier alpha value is 0.160. The smallest absolute Gasteiger partial charge is 0.153 e. The van der Waals surface area contributed by atoms with Crippen LogP contribution in [-0.2, 0) is 9.84 Å². The number of rotatable bonds is 1. The zero-order chi connectivity index (χ0) is 7.61. The molecule has 1 aliphatic rings. The van der Waals surface area contributed by atoms with Crippen molar-refractivity contribution in [2.24, 2.45) is 0 Å². The van der Waals surface area contributed by atoms with E-state index in [4.69, 9.17) is 5.11 Å². The summed E-state index contributed by atoms with van der Waals surface area (Å²) in [6.07, 6.45) is 0. The van der Waals surface area contributed by atoms with Crippen LogP contribution in [0, 0.1) is 0 Å². The fourth-order valence-corrected chi connectivity index (χ4v) is 2.42. The summed E-state index contributed by atoms with van der Waals surface area (Å²) < 4.78 is 21.7. The predicted octanol–water partition coefficient (Wildman–Crippen LogP) is -1.21. The van der Waals surface area contributed by atoms with E-state index in [0.717, 1.165) is 0 Å². The Morgan fingerprint density at radius 2 is 2.18 bits per heavy atom. The van der Waals surface area contributed by atoms with Crippen molar-refractivity contribution in [2.75, 3.05) is 24.7 Å². The van der Waals surface area contributed by atoms with E-state index in [0.29, 0.717) is 6.54 Å². The minimum Gasteiger partial charge on any atom is -0.395 e. The van der Waals surface area contributed by atoms with Crippen molar-refractivity contribution < 1.29 is 13.5 Å². The Labute approximate surface area is 72.3 Å². The molecular weight excluding hydrogens is 190 g/mol. The molecule has 6 heteroatoms. The van der Waals surface area contributed by atoms with Crippen molar-refractivity contribution in [1.29, 1.82) is 0 Å². The third kappa shape index (κ3) is 3.37. The van der Waals surface area contributed by atoms with Gasteiger partial charge in [0.15, 0.2) is 9.84 Å². The highest BCUT2D eigenvalue weighted by Gasteiger charge is 2.22. The highest BCUT2D eigenvalue weighted by molar-refractivity contribution is 7.91. The molecule has 11 heavy (non-hydrogen) atoms. The summed E-state index contributed by atoms with van der Waals surface area (Å²) in [5, 5.41) is 11.5. The number of hydrogen-bond acceptors (Lipinski definition) is 4. The van der Waals surface area contributed by atoms with Gasteiger partial charge < -0.3 is 10.4 Å². The molecule has 1 heterocycles. The molecule has 2 N–H and O–H groups in total. The first-order valence-corrected chi connectivity index (χ1v) is 5.01. The Bertz CT molecular complexity index is 204. The van der Waals surface area contributed by atoms with Gasteiger partial charge in [-0.1, -0.05) is 0 Å². The van der Waals surface area contributed by atoms with Gasteiger partial charge in [-0.25, -0.2) is 8.42 Å². The average molecular weight is 202 g/mol. The van der Waals surface area contributed by atoms with Crippen LogP contribution in [0.2, 0.25) is 0 Å². The summed E-state index contributed by atoms with van der Waals surface area (Å²) in [7, 11) is -2.87. The SMILES string of the molecule is Cl.O=S1(=O)CCN[C@@H](CO)C1. The molecule has 1 saturated heterocycles. The Morgan fingerprint density at radius 3 is 2.55 bits per heavy atom. The summed E-state index contributed by atoms with van der Waals surface area (Å²) in [5.41, 5.74) is 0. The first kappa shape index (κ1) is 11.2. The molecule has 68 valence electrons. The van der Waals surface area contributed by atoms with E-state index in [1.54, 1.807) is 0 Å². The van der Waals surface area contributed by atoms with Crippen LogP contribution in [-0.4, -0.2) is 44.2 Å². The summed E-state index contributed by atoms with van der Waals surface area (Å²) >= 11 is 0. The molecule has 0 radical (unpaired) electrons. The number of aliphatic hydroxyl groups is 1. The number of hydrogen-bond donors (Lipinski definition) is 2. The molecule has 1 atom stereocenters. The quantitative estimate of drug-likeness (QED) is 0.559. The highest BCUT2D eigenvalue weighted by Crippen LogP contribution is 1.99. The monoisotopic (exact) mass is 201 g/mol. The van der Waals surface area contributed by atoms with Crippen LogP contribution >= 0.6 is 12.4 Å². The molecule has 0 saturated carbocycles. The minimum absolute atomic E-state index is 0. The molecule has 0 bridgehead atoms. The lowest BCUT2D eigenvalue weighted by Crippen LogP contribution is -2.46. The van der Waals surface area contributed by atoms with Crippen LogP contribution in [0.15, 0.2) is 0 Å². The molecule has 0 spiro atoms. The topological polar surface area (TPSA) is 66.4 Å². The van der Waals surface area contributed by atoms with Gasteiger partial charge in [-0.05, 0) is 0 Å². The van der Waals surface area contributed by atoms with Gasteiger partial charge in [0.2, 0.25) is 0 Å². The third-order valence-electron chi connectivity index (χ3n) is 1.52. The van der Waals surface area contributed by atoms with E-state index < -0.39 is 9.84 Å². The normalized spacial score (nSPS) is 29.0. The maximum atomic E-state index is 10.9. The van der Waals surface area contributed by atoms with Crippen molar-refractivity contribution in [3.8, 4) is 0 Å². The number of sulfone groups is 1. The van der Waals surface area contributed by atoms with Gasteiger partial charge in [0.25, 0.3) is 0 Å². The Morgan fingerprint density at radius 1 is 1.55 bits per heavy atom. The van der Waals surface area contributed by atoms with Gasteiger partial charge in [0, 0.05) is 12.6 Å². The Balaban J connectivity index is 0.000001000. The maximum absolute atomic E-state index is 10.9. The maximum Gasteiger partial charge on any atom is 0.153 e. The largest absolute Gasteiger partial charge is 0.395 e. The average Bonchev–Trinajstić information content (AvgIpc) is 1.86. The van der Waals surface area contributed by atoms with Gasteiger partial charge in [-0.3, -0.25) is 0 Å². The molecule has 0 aromatic carbocycles. The molecular formula is C5H12ClNO3S. The summed E-state index contributed by atoms with van der Waals surface area (Å²) in [4.78, 5) is 0. The van der Waals surface area contributed by atoms with Crippen LogP contribution in [0.25, 0.3) is 0 Å². The summed E-state index contributed by atoms with van der Waals surface area (Å²) in [6, 6.07) is -0.251. The second kappa shape index (κ2) is 4.25. The molecule has 0 amide bonds. The lowest BCUT2D eigenvalue weighted by Gasteiger charge is -2.21. The molecule has 1 fully saturated rings. The van der Waals surface area contributed by atoms with Crippen molar-refractivity contribution in [3.63, 3.8) is 0 Å². The third-order valence-corrected chi connectivity index (χ3v) is 3.26. The van der Waals surface area contributed by atoms with Gasteiger partial charge in [-0.15, -0.1) is 12.4 Å². The molecule has 0 aliphatic carbocycles. The number of halogens is 1.